The van der Waals surface area contributed by atoms with Crippen LogP contribution in [0.4, 0.5) is 5.13 Å². The van der Waals surface area contributed by atoms with E-state index < -0.39 is 0 Å². The second kappa shape index (κ2) is 8.71. The smallest absolute Gasteiger partial charge is 0.185 e. The monoisotopic (exact) mass is 312 g/mol. The Bertz CT molecular complexity index is 414. The molecule has 5 heteroatoms. The standard InChI is InChI=1S/C16H32N4S/c1-8-17-13(4)15-14(5)18-16(21-15)20(11-12(2)3)10-9-19(6)7/h12-13,17H,8-11H2,1-7H3. The van der Waals surface area contributed by atoms with Crippen LogP contribution in [0.25, 0.3) is 0 Å². The van der Waals surface area contributed by atoms with E-state index in [-0.39, 0.29) is 0 Å². The lowest BCUT2D eigenvalue weighted by atomic mass is 10.2. The highest BCUT2D eigenvalue weighted by Gasteiger charge is 2.18. The Morgan fingerprint density at radius 2 is 1.86 bits per heavy atom. The number of hydrogen-bond acceptors (Lipinski definition) is 5. The molecule has 0 aromatic carbocycles. The van der Waals surface area contributed by atoms with Gasteiger partial charge in [0, 0.05) is 30.6 Å². The number of rotatable bonds is 9. The molecule has 1 atom stereocenters. The normalized spacial score (nSPS) is 13.2. The summed E-state index contributed by atoms with van der Waals surface area (Å²) in [4.78, 5) is 10.9. The van der Waals surface area contributed by atoms with Crippen LogP contribution < -0.4 is 10.2 Å². The summed E-state index contributed by atoms with van der Waals surface area (Å²) in [6, 6.07) is 0.385. The Hall–Kier alpha value is -0.650. The van der Waals surface area contributed by atoms with Crippen LogP contribution in [-0.2, 0) is 0 Å². The van der Waals surface area contributed by atoms with Gasteiger partial charge in [-0.05, 0) is 40.4 Å². The highest BCUT2D eigenvalue weighted by molar-refractivity contribution is 7.15. The maximum Gasteiger partial charge on any atom is 0.185 e. The maximum absolute atomic E-state index is 4.83. The maximum atomic E-state index is 4.83. The second-order valence-electron chi connectivity index (χ2n) is 6.37. The van der Waals surface area contributed by atoms with E-state index in [0.717, 1.165) is 26.2 Å². The molecule has 1 unspecified atom stereocenters. The number of anilines is 1. The Morgan fingerprint density at radius 3 is 2.38 bits per heavy atom. The number of aryl methyl sites for hydroxylation is 1. The Labute approximate surface area is 134 Å². The zero-order valence-corrected chi connectivity index (χ0v) is 15.5. The third kappa shape index (κ3) is 5.93. The van der Waals surface area contributed by atoms with Crippen LogP contribution in [0.5, 0.6) is 0 Å². The molecule has 122 valence electrons. The average molecular weight is 313 g/mol. The van der Waals surface area contributed by atoms with Gasteiger partial charge >= 0.3 is 0 Å². The lowest BCUT2D eigenvalue weighted by Crippen LogP contribution is -2.34. The van der Waals surface area contributed by atoms with Crippen molar-refractivity contribution in [3.63, 3.8) is 0 Å². The van der Waals surface area contributed by atoms with Gasteiger partial charge in [0.15, 0.2) is 5.13 Å². The minimum atomic E-state index is 0.385. The van der Waals surface area contributed by atoms with Crippen molar-refractivity contribution in [2.75, 3.05) is 45.2 Å². The van der Waals surface area contributed by atoms with Crippen LogP contribution in [0.1, 0.15) is 44.3 Å². The predicted octanol–water partition coefficient (Wildman–Crippen LogP) is 3.15. The summed E-state index contributed by atoms with van der Waals surface area (Å²) in [5.74, 6) is 0.644. The minimum absolute atomic E-state index is 0.385. The van der Waals surface area contributed by atoms with Crippen molar-refractivity contribution in [3.8, 4) is 0 Å². The predicted molar refractivity (Wildman–Crippen MR) is 94.5 cm³/mol. The molecule has 0 spiro atoms. The van der Waals surface area contributed by atoms with Crippen LogP contribution >= 0.6 is 11.3 Å². The van der Waals surface area contributed by atoms with Gasteiger partial charge in [0.1, 0.15) is 0 Å². The van der Waals surface area contributed by atoms with Crippen molar-refractivity contribution in [1.82, 2.24) is 15.2 Å². The van der Waals surface area contributed by atoms with Crippen molar-refractivity contribution in [2.24, 2.45) is 5.92 Å². The summed E-state index contributed by atoms with van der Waals surface area (Å²) in [5, 5.41) is 4.66. The van der Waals surface area contributed by atoms with Crippen LogP contribution in [0, 0.1) is 12.8 Å². The molecule has 0 fully saturated rings. The van der Waals surface area contributed by atoms with E-state index in [9.17, 15) is 0 Å². The van der Waals surface area contributed by atoms with Crippen molar-refractivity contribution in [1.29, 1.82) is 0 Å². The van der Waals surface area contributed by atoms with Gasteiger partial charge in [-0.1, -0.05) is 20.8 Å². The van der Waals surface area contributed by atoms with E-state index in [1.165, 1.54) is 15.7 Å². The fourth-order valence-electron chi connectivity index (χ4n) is 2.36. The summed E-state index contributed by atoms with van der Waals surface area (Å²) in [7, 11) is 4.25. The summed E-state index contributed by atoms with van der Waals surface area (Å²) < 4.78 is 0. The Morgan fingerprint density at radius 1 is 1.19 bits per heavy atom. The summed E-state index contributed by atoms with van der Waals surface area (Å²) >= 11 is 1.84. The van der Waals surface area contributed by atoms with E-state index in [0.29, 0.717) is 12.0 Å². The fraction of sp³-hybridized carbons (Fsp3) is 0.812. The molecule has 0 aliphatic heterocycles. The molecule has 1 aromatic rings. The Kier molecular flexibility index (Phi) is 7.63. The van der Waals surface area contributed by atoms with Crippen LogP contribution in [-0.4, -0.2) is 50.2 Å². The average Bonchev–Trinajstić information content (AvgIpc) is 2.76. The van der Waals surface area contributed by atoms with Crippen molar-refractivity contribution >= 4 is 16.5 Å². The van der Waals surface area contributed by atoms with Crippen LogP contribution in [0.15, 0.2) is 0 Å². The molecule has 0 bridgehead atoms. The van der Waals surface area contributed by atoms with Crippen molar-refractivity contribution in [2.45, 2.75) is 40.7 Å². The van der Waals surface area contributed by atoms with Gasteiger partial charge in [0.2, 0.25) is 0 Å². The van der Waals surface area contributed by atoms with E-state index >= 15 is 0 Å². The van der Waals surface area contributed by atoms with E-state index in [2.05, 4.69) is 63.8 Å². The molecule has 0 aliphatic rings. The number of hydrogen-bond donors (Lipinski definition) is 1. The first-order valence-electron chi connectivity index (χ1n) is 7.95. The van der Waals surface area contributed by atoms with Gasteiger partial charge in [0.25, 0.3) is 0 Å². The van der Waals surface area contributed by atoms with Gasteiger partial charge in [-0.3, -0.25) is 0 Å². The molecule has 1 heterocycles. The number of nitrogens with zero attached hydrogens (tertiary/aromatic N) is 3. The molecule has 21 heavy (non-hydrogen) atoms. The third-order valence-corrected chi connectivity index (χ3v) is 4.80. The molecule has 1 aromatic heterocycles. The highest BCUT2D eigenvalue weighted by atomic mass is 32.1. The summed E-state index contributed by atoms with van der Waals surface area (Å²) in [6.45, 7) is 15.2. The highest BCUT2D eigenvalue weighted by Crippen LogP contribution is 2.31. The zero-order valence-electron chi connectivity index (χ0n) is 14.7. The first kappa shape index (κ1) is 18.4. The summed E-state index contributed by atoms with van der Waals surface area (Å²) in [6.07, 6.45) is 0. The lowest BCUT2D eigenvalue weighted by molar-refractivity contribution is 0.409. The van der Waals surface area contributed by atoms with E-state index in [4.69, 9.17) is 4.98 Å². The molecule has 1 N–H and O–H groups in total. The van der Waals surface area contributed by atoms with Crippen molar-refractivity contribution < 1.29 is 0 Å². The molecule has 0 amide bonds. The van der Waals surface area contributed by atoms with Gasteiger partial charge in [-0.2, -0.15) is 0 Å². The molecule has 0 saturated heterocycles. The molecular weight excluding hydrogens is 280 g/mol. The first-order chi connectivity index (χ1) is 9.85. The molecule has 0 aliphatic carbocycles. The number of aromatic nitrogens is 1. The first-order valence-corrected chi connectivity index (χ1v) is 8.77. The van der Waals surface area contributed by atoms with Gasteiger partial charge in [0.05, 0.1) is 5.69 Å². The number of nitrogens with one attached hydrogen (secondary N) is 1. The van der Waals surface area contributed by atoms with Crippen molar-refractivity contribution in [3.05, 3.63) is 10.6 Å². The van der Waals surface area contributed by atoms with Gasteiger partial charge in [-0.15, -0.1) is 11.3 Å². The molecule has 4 nitrogen and oxygen atoms in total. The van der Waals surface area contributed by atoms with Gasteiger partial charge in [-0.25, -0.2) is 4.98 Å². The molecule has 1 rings (SSSR count). The topological polar surface area (TPSA) is 31.4 Å². The molecular formula is C16H32N4S. The minimum Gasteiger partial charge on any atom is -0.347 e. The summed E-state index contributed by atoms with van der Waals surface area (Å²) in [5.41, 5.74) is 1.17. The Balaban J connectivity index is 2.88. The quantitative estimate of drug-likeness (QED) is 0.759. The van der Waals surface area contributed by atoms with Crippen LogP contribution in [0.2, 0.25) is 0 Å². The number of likely N-dealkylation sites (N-methyl/N-ethyl adjacent to an activating group) is 1. The molecule has 0 saturated carbocycles. The zero-order chi connectivity index (χ0) is 16.0. The SMILES string of the molecule is CCNC(C)c1sc(N(CCN(C)C)CC(C)C)nc1C. The number of thiazole rings is 1. The lowest BCUT2D eigenvalue weighted by Gasteiger charge is -2.25. The van der Waals surface area contributed by atoms with Crippen LogP contribution in [0.3, 0.4) is 0 Å². The molecule has 0 radical (unpaired) electrons. The second-order valence-corrected chi connectivity index (χ2v) is 7.38. The largest absolute Gasteiger partial charge is 0.347 e. The van der Waals surface area contributed by atoms with E-state index in [1.807, 2.05) is 11.3 Å². The van der Waals surface area contributed by atoms with Gasteiger partial charge < -0.3 is 15.1 Å². The fourth-order valence-corrected chi connectivity index (χ4v) is 3.48. The van der Waals surface area contributed by atoms with E-state index in [1.54, 1.807) is 0 Å². The third-order valence-electron chi connectivity index (χ3n) is 3.40.